The summed E-state index contributed by atoms with van der Waals surface area (Å²) in [5, 5.41) is 16.4. The largest absolute Gasteiger partial charge is 0.354 e. The highest BCUT2D eigenvalue weighted by Crippen LogP contribution is 2.44. The number of carbonyl (C=O) groups is 1. The first-order valence-electron chi connectivity index (χ1n) is 14.2. The van der Waals surface area contributed by atoms with E-state index in [1.54, 1.807) is 18.3 Å². The number of hydrogen-bond donors (Lipinski definition) is 4. The summed E-state index contributed by atoms with van der Waals surface area (Å²) < 4.78 is 0. The van der Waals surface area contributed by atoms with Gasteiger partial charge in [0, 0.05) is 60.7 Å². The van der Waals surface area contributed by atoms with Crippen molar-refractivity contribution in [3.05, 3.63) is 21.6 Å². The van der Waals surface area contributed by atoms with Crippen LogP contribution in [0, 0.1) is 19.3 Å². The van der Waals surface area contributed by atoms with E-state index in [4.69, 9.17) is 27.7 Å². The minimum Gasteiger partial charge on any atom is -0.354 e. The lowest BCUT2D eigenvalue weighted by Gasteiger charge is -2.32. The fourth-order valence-corrected chi connectivity index (χ4v) is 6.99. The van der Waals surface area contributed by atoms with Crippen molar-refractivity contribution in [1.29, 1.82) is 5.41 Å². The highest BCUT2D eigenvalue weighted by Gasteiger charge is 2.34. The molecule has 11 heteroatoms. The summed E-state index contributed by atoms with van der Waals surface area (Å²) in [6.45, 7) is 12.2. The Labute approximate surface area is 242 Å². The molecule has 0 aromatic carbocycles. The molecule has 9 nitrogen and oxygen atoms in total. The molecule has 1 atom stereocenters. The molecule has 3 heterocycles. The number of allylic oxidation sites excluding steroid dienone is 1. The van der Waals surface area contributed by atoms with Gasteiger partial charge >= 0.3 is 0 Å². The number of piperazine rings is 1. The fraction of sp³-hybridized carbons (Fsp3) is 0.679. The molecule has 1 unspecified atom stereocenters. The average molecular weight is 577 g/mol. The number of thiophene rings is 1. The molecular formula is C28H45ClN8OS. The van der Waals surface area contributed by atoms with Gasteiger partial charge in [0.1, 0.15) is 17.0 Å². The van der Waals surface area contributed by atoms with Crippen molar-refractivity contribution in [2.24, 2.45) is 10.7 Å². The lowest BCUT2D eigenvalue weighted by atomic mass is 9.90. The number of aryl methyl sites for hydroxylation is 1. The number of aliphatic imine (C=N–C) groups is 1. The third-order valence-corrected chi connectivity index (χ3v) is 9.71. The number of nitrogens with one attached hydrogen (secondary N) is 3. The summed E-state index contributed by atoms with van der Waals surface area (Å²) in [6.07, 6.45) is 4.55. The molecule has 1 saturated heterocycles. The summed E-state index contributed by atoms with van der Waals surface area (Å²) in [5.74, 6) is 1.07. The van der Waals surface area contributed by atoms with Crippen LogP contribution in [0.15, 0.2) is 10.6 Å². The van der Waals surface area contributed by atoms with Gasteiger partial charge in [-0.15, -0.1) is 22.9 Å². The van der Waals surface area contributed by atoms with E-state index in [2.05, 4.69) is 41.3 Å². The maximum absolute atomic E-state index is 12.4. The topological polar surface area (TPSA) is 113 Å². The second-order valence-electron chi connectivity index (χ2n) is 11.0. The van der Waals surface area contributed by atoms with Crippen molar-refractivity contribution >= 4 is 51.2 Å². The van der Waals surface area contributed by atoms with E-state index >= 15 is 0 Å². The predicted molar refractivity (Wildman–Crippen MR) is 164 cm³/mol. The molecule has 2 fully saturated rings. The minimum absolute atomic E-state index is 0.0633. The van der Waals surface area contributed by atoms with Crippen molar-refractivity contribution in [2.75, 3.05) is 57.8 Å². The van der Waals surface area contributed by atoms with Crippen LogP contribution < -0.4 is 21.3 Å². The van der Waals surface area contributed by atoms with Gasteiger partial charge in [0.2, 0.25) is 5.91 Å². The van der Waals surface area contributed by atoms with Crippen LogP contribution in [0.5, 0.6) is 0 Å². The van der Waals surface area contributed by atoms with Crippen molar-refractivity contribution < 1.29 is 4.79 Å². The molecule has 1 saturated carbocycles. The summed E-state index contributed by atoms with van der Waals surface area (Å²) in [5.41, 5.74) is 11.5. The van der Waals surface area contributed by atoms with E-state index in [-0.39, 0.29) is 11.3 Å². The molecule has 3 aliphatic rings. The number of fused-ring (bicyclic) bond motifs is 1. The number of halogens is 1. The number of nitrogens with zero attached hydrogens (tertiary/aromatic N) is 4. The van der Waals surface area contributed by atoms with Crippen LogP contribution in [0.3, 0.4) is 0 Å². The standard InChI is InChI=1S/C28H45ClN8OS/c1-18-19(2)39-28-24(18)25(21-7-9-22(29)10-8-21)34-27(26(31)37(28)20(3)30)33-12-11-32-23(38)6-5-13-36-16-14-35(4)15-17-36/h22,26,30H,5-17,31H2,1-4H3,(H,32,38)(H,33,34). The number of likely N-dealkylation sites (N-methyl/N-ethyl adjacent to an activating group) is 1. The normalized spacial score (nSPS) is 23.9. The number of hydrogen-bond acceptors (Lipinski definition) is 7. The van der Waals surface area contributed by atoms with E-state index in [9.17, 15) is 4.79 Å². The molecule has 216 valence electrons. The quantitative estimate of drug-likeness (QED) is 0.171. The molecule has 2 aliphatic heterocycles. The van der Waals surface area contributed by atoms with Crippen LogP contribution in [-0.4, -0.2) is 91.8 Å². The Morgan fingerprint density at radius 3 is 2.59 bits per heavy atom. The zero-order valence-corrected chi connectivity index (χ0v) is 25.5. The van der Waals surface area contributed by atoms with Crippen LogP contribution in [0.25, 0.3) is 5.70 Å². The summed E-state index contributed by atoms with van der Waals surface area (Å²) in [6, 6.07) is 0. The first kappa shape index (κ1) is 30.0. The number of anilines is 1. The summed E-state index contributed by atoms with van der Waals surface area (Å²) in [7, 11) is 2.15. The predicted octanol–water partition coefficient (Wildman–Crippen LogP) is 3.49. The molecule has 0 spiro atoms. The monoisotopic (exact) mass is 576 g/mol. The first-order chi connectivity index (χ1) is 18.7. The molecular weight excluding hydrogens is 532 g/mol. The lowest BCUT2D eigenvalue weighted by Crippen LogP contribution is -2.53. The highest BCUT2D eigenvalue weighted by atomic mass is 35.5. The zero-order valence-electron chi connectivity index (χ0n) is 23.9. The van der Waals surface area contributed by atoms with Crippen molar-refractivity contribution in [1.82, 2.24) is 20.4 Å². The number of carbonyl (C=O) groups excluding carboxylic acids is 1. The molecule has 0 bridgehead atoms. The summed E-state index contributed by atoms with van der Waals surface area (Å²) >= 11 is 8.11. The van der Waals surface area contributed by atoms with Gasteiger partial charge in [-0.2, -0.15) is 0 Å². The van der Waals surface area contributed by atoms with Gasteiger partial charge in [-0.3, -0.25) is 20.1 Å². The fourth-order valence-electron chi connectivity index (χ4n) is 5.52. The molecule has 1 aromatic heterocycles. The van der Waals surface area contributed by atoms with Gasteiger partial charge in [0.15, 0.2) is 0 Å². The maximum Gasteiger partial charge on any atom is 0.220 e. The minimum atomic E-state index is -0.611. The van der Waals surface area contributed by atoms with Crippen LogP contribution >= 0.6 is 22.9 Å². The van der Waals surface area contributed by atoms with E-state index in [1.165, 1.54) is 16.0 Å². The maximum atomic E-state index is 12.4. The average Bonchev–Trinajstić information content (AvgIpc) is 3.11. The third kappa shape index (κ3) is 7.41. The second-order valence-corrected chi connectivity index (χ2v) is 12.8. The highest BCUT2D eigenvalue weighted by molar-refractivity contribution is 7.16. The molecule has 1 amide bonds. The van der Waals surface area contributed by atoms with E-state index in [0.29, 0.717) is 31.2 Å². The van der Waals surface area contributed by atoms with Crippen LogP contribution in [0.4, 0.5) is 5.00 Å². The second kappa shape index (κ2) is 13.6. The number of rotatable bonds is 7. The van der Waals surface area contributed by atoms with Gasteiger partial charge < -0.3 is 26.2 Å². The van der Waals surface area contributed by atoms with Gasteiger partial charge in [-0.1, -0.05) is 0 Å². The first-order valence-corrected chi connectivity index (χ1v) is 15.5. The van der Waals surface area contributed by atoms with Gasteiger partial charge in [-0.05, 0) is 77.6 Å². The van der Waals surface area contributed by atoms with Gasteiger partial charge in [0.05, 0.1) is 12.4 Å². The van der Waals surface area contributed by atoms with Crippen molar-refractivity contribution in [3.8, 4) is 0 Å². The lowest BCUT2D eigenvalue weighted by molar-refractivity contribution is -0.121. The van der Waals surface area contributed by atoms with Crippen molar-refractivity contribution in [3.63, 3.8) is 0 Å². The molecule has 0 radical (unpaired) electrons. The van der Waals surface area contributed by atoms with Crippen LogP contribution in [-0.2, 0) is 4.79 Å². The Bertz CT molecular complexity index is 1100. The Morgan fingerprint density at radius 2 is 1.92 bits per heavy atom. The molecule has 1 aliphatic carbocycles. The zero-order chi connectivity index (χ0) is 28.1. The Balaban J connectivity index is 1.42. The van der Waals surface area contributed by atoms with Crippen LogP contribution in [0.1, 0.15) is 61.5 Å². The smallest absolute Gasteiger partial charge is 0.220 e. The van der Waals surface area contributed by atoms with Gasteiger partial charge in [0.25, 0.3) is 0 Å². The Kier molecular flexibility index (Phi) is 10.4. The number of nitrogens with two attached hydrogens (primary N) is 1. The molecule has 1 aromatic rings. The summed E-state index contributed by atoms with van der Waals surface area (Å²) in [4.78, 5) is 25.1. The Morgan fingerprint density at radius 1 is 1.23 bits per heavy atom. The molecule has 5 N–H and O–H groups in total. The van der Waals surface area contributed by atoms with Crippen LogP contribution in [0.2, 0.25) is 0 Å². The van der Waals surface area contributed by atoms with Gasteiger partial charge in [-0.25, -0.2) is 0 Å². The van der Waals surface area contributed by atoms with E-state index in [0.717, 1.165) is 81.1 Å². The van der Waals surface area contributed by atoms with Crippen molar-refractivity contribution in [2.45, 2.75) is 70.8 Å². The van der Waals surface area contributed by atoms with E-state index in [1.807, 2.05) is 4.90 Å². The SMILES string of the molecule is CC(=N)N1c2sc(C)c(C)c2C(=C2CCC(Cl)CC2)NC(=NCCNC(=O)CCCN2CCN(C)CC2)C1N. The molecule has 39 heavy (non-hydrogen) atoms. The number of amidine groups is 2. The number of amides is 1. The number of alkyl halides is 1. The Hall–Kier alpha value is -1.98. The van der Waals surface area contributed by atoms with E-state index < -0.39 is 6.17 Å². The third-order valence-electron chi connectivity index (χ3n) is 8.07. The molecule has 4 rings (SSSR count).